The molecule has 3 aromatic carbocycles. The number of halogens is 2. The molecule has 0 aromatic heterocycles. The van der Waals surface area contributed by atoms with E-state index < -0.39 is 28.5 Å². The molecule has 0 aliphatic rings. The molecule has 40 heavy (non-hydrogen) atoms. The highest BCUT2D eigenvalue weighted by Gasteiger charge is 2.34. The molecule has 0 aliphatic carbocycles. The maximum Gasteiger partial charge on any atom is 0.264 e. The van der Waals surface area contributed by atoms with Gasteiger partial charge < -0.3 is 10.2 Å². The molecule has 0 unspecified atom stereocenters. The first-order chi connectivity index (χ1) is 19.0. The van der Waals surface area contributed by atoms with Crippen LogP contribution in [-0.4, -0.2) is 43.8 Å². The van der Waals surface area contributed by atoms with Crippen LogP contribution in [0.1, 0.15) is 44.7 Å². The van der Waals surface area contributed by atoms with Crippen molar-refractivity contribution in [2.24, 2.45) is 0 Å². The van der Waals surface area contributed by atoms with E-state index in [0.717, 1.165) is 20.8 Å². The summed E-state index contributed by atoms with van der Waals surface area (Å²) in [6.07, 6.45) is 1.06. The van der Waals surface area contributed by atoms with Gasteiger partial charge in [-0.1, -0.05) is 77.3 Å². The molecule has 0 spiro atoms. The number of hydrogen-bond acceptors (Lipinski definition) is 4. The first-order valence-corrected chi connectivity index (χ1v) is 15.8. The number of nitrogens with one attached hydrogen (secondary N) is 1. The van der Waals surface area contributed by atoms with Gasteiger partial charge in [-0.15, -0.1) is 0 Å². The van der Waals surface area contributed by atoms with E-state index in [2.05, 4.69) is 21.2 Å². The van der Waals surface area contributed by atoms with Gasteiger partial charge in [0.05, 0.1) is 10.6 Å². The van der Waals surface area contributed by atoms with Crippen molar-refractivity contribution in [1.29, 1.82) is 0 Å². The smallest absolute Gasteiger partial charge is 0.264 e. The van der Waals surface area contributed by atoms with Crippen molar-refractivity contribution in [1.82, 2.24) is 10.2 Å². The Balaban J connectivity index is 2.06. The third-order valence-corrected chi connectivity index (χ3v) is 9.37. The lowest BCUT2D eigenvalue weighted by Crippen LogP contribution is -2.53. The summed E-state index contributed by atoms with van der Waals surface area (Å²) in [5, 5.41) is 3.42. The second kappa shape index (κ2) is 14.1. The largest absolute Gasteiger partial charge is 0.352 e. The van der Waals surface area contributed by atoms with E-state index in [0.29, 0.717) is 22.7 Å². The maximum absolute atomic E-state index is 14.1. The minimum Gasteiger partial charge on any atom is -0.352 e. The standard InChI is InChI=1S/C30H35BrClN3O4S/c1-5-22(4)33-30(37)28(6-2)34(19-23-9-7-8-10-27(23)32)29(36)20-35(25-15-13-24(31)14-16-25)40(38,39)26-17-11-21(3)12-18-26/h7-18,22,28H,5-6,19-20H2,1-4H3,(H,33,37)/t22-,28+/m1/s1. The summed E-state index contributed by atoms with van der Waals surface area (Å²) in [6, 6.07) is 19.4. The number of carbonyl (C=O) groups excluding carboxylic acids is 2. The Labute approximate surface area is 250 Å². The van der Waals surface area contributed by atoms with Gasteiger partial charge in [0.1, 0.15) is 12.6 Å². The lowest BCUT2D eigenvalue weighted by Gasteiger charge is -2.34. The predicted octanol–water partition coefficient (Wildman–Crippen LogP) is 6.33. The van der Waals surface area contributed by atoms with Gasteiger partial charge in [-0.05, 0) is 74.7 Å². The zero-order valence-electron chi connectivity index (χ0n) is 23.1. The zero-order valence-corrected chi connectivity index (χ0v) is 26.3. The van der Waals surface area contributed by atoms with Crippen molar-refractivity contribution >= 4 is 55.1 Å². The van der Waals surface area contributed by atoms with Crippen molar-refractivity contribution in [3.05, 3.63) is 93.4 Å². The second-order valence-corrected chi connectivity index (χ2v) is 12.8. The van der Waals surface area contributed by atoms with Gasteiger partial charge in [0, 0.05) is 22.1 Å². The van der Waals surface area contributed by atoms with Gasteiger partial charge in [-0.3, -0.25) is 13.9 Å². The highest BCUT2D eigenvalue weighted by molar-refractivity contribution is 9.10. The lowest BCUT2D eigenvalue weighted by molar-refractivity contribution is -0.140. The van der Waals surface area contributed by atoms with Crippen LogP contribution in [0.3, 0.4) is 0 Å². The van der Waals surface area contributed by atoms with Crippen LogP contribution in [0, 0.1) is 6.92 Å². The van der Waals surface area contributed by atoms with E-state index in [-0.39, 0.29) is 23.4 Å². The summed E-state index contributed by atoms with van der Waals surface area (Å²) in [5.41, 5.74) is 1.89. The van der Waals surface area contributed by atoms with Crippen molar-refractivity contribution < 1.29 is 18.0 Å². The summed E-state index contributed by atoms with van der Waals surface area (Å²) in [7, 11) is -4.13. The molecule has 0 radical (unpaired) electrons. The highest BCUT2D eigenvalue weighted by atomic mass is 79.9. The third-order valence-electron chi connectivity index (χ3n) is 6.69. The number of rotatable bonds is 12. The van der Waals surface area contributed by atoms with E-state index in [1.165, 1.54) is 17.0 Å². The van der Waals surface area contributed by atoms with E-state index in [4.69, 9.17) is 11.6 Å². The van der Waals surface area contributed by atoms with Crippen LogP contribution in [0.4, 0.5) is 5.69 Å². The fourth-order valence-corrected chi connectivity index (χ4v) is 6.02. The Bertz CT molecular complexity index is 1420. The van der Waals surface area contributed by atoms with Gasteiger partial charge in [-0.2, -0.15) is 0 Å². The number of benzene rings is 3. The molecule has 2 atom stereocenters. The number of nitrogens with zero attached hydrogens (tertiary/aromatic N) is 2. The van der Waals surface area contributed by atoms with Crippen LogP contribution in [0.25, 0.3) is 0 Å². The molecule has 0 saturated carbocycles. The minimum atomic E-state index is -4.13. The van der Waals surface area contributed by atoms with Crippen molar-refractivity contribution in [3.8, 4) is 0 Å². The Hall–Kier alpha value is -2.88. The number of aryl methyl sites for hydroxylation is 1. The molecular formula is C30H35BrClN3O4S. The summed E-state index contributed by atoms with van der Waals surface area (Å²) in [4.78, 5) is 28.9. The fraction of sp³-hybridized carbons (Fsp3) is 0.333. The van der Waals surface area contributed by atoms with Crippen molar-refractivity contribution in [3.63, 3.8) is 0 Å². The number of amides is 2. The van der Waals surface area contributed by atoms with E-state index in [9.17, 15) is 18.0 Å². The zero-order chi connectivity index (χ0) is 29.4. The molecule has 7 nitrogen and oxygen atoms in total. The van der Waals surface area contributed by atoms with Crippen LogP contribution in [0.15, 0.2) is 82.2 Å². The van der Waals surface area contributed by atoms with Gasteiger partial charge in [-0.25, -0.2) is 8.42 Å². The van der Waals surface area contributed by atoms with Crippen LogP contribution < -0.4 is 9.62 Å². The van der Waals surface area contributed by atoms with Crippen LogP contribution in [0.5, 0.6) is 0 Å². The Morgan fingerprint density at radius 3 is 2.15 bits per heavy atom. The van der Waals surface area contributed by atoms with Gasteiger partial charge in [0.25, 0.3) is 10.0 Å². The molecule has 10 heteroatoms. The molecule has 0 saturated heterocycles. The number of hydrogen-bond donors (Lipinski definition) is 1. The number of sulfonamides is 1. The van der Waals surface area contributed by atoms with E-state index in [1.807, 2.05) is 27.7 Å². The maximum atomic E-state index is 14.1. The van der Waals surface area contributed by atoms with Gasteiger partial charge in [0.15, 0.2) is 0 Å². The fourth-order valence-electron chi connectivity index (χ4n) is 4.14. The molecule has 1 N–H and O–H groups in total. The third kappa shape index (κ3) is 7.86. The van der Waals surface area contributed by atoms with Crippen molar-refractivity contribution in [2.45, 2.75) is 64.1 Å². The summed E-state index contributed by atoms with van der Waals surface area (Å²) < 4.78 is 29.7. The average Bonchev–Trinajstić information content (AvgIpc) is 2.93. The molecule has 0 heterocycles. The van der Waals surface area contributed by atoms with Gasteiger partial charge in [0.2, 0.25) is 11.8 Å². The highest BCUT2D eigenvalue weighted by Crippen LogP contribution is 2.27. The second-order valence-electron chi connectivity index (χ2n) is 9.66. The number of anilines is 1. The summed E-state index contributed by atoms with van der Waals surface area (Å²) in [6.45, 7) is 7.09. The number of carbonyl (C=O) groups is 2. The first kappa shape index (κ1) is 31.6. The van der Waals surface area contributed by atoms with E-state index in [1.54, 1.807) is 60.7 Å². The molecular weight excluding hydrogens is 614 g/mol. The summed E-state index contributed by atoms with van der Waals surface area (Å²) >= 11 is 9.83. The lowest BCUT2D eigenvalue weighted by atomic mass is 10.1. The van der Waals surface area contributed by atoms with Gasteiger partial charge >= 0.3 is 0 Å². The molecule has 0 fully saturated rings. The average molecular weight is 649 g/mol. The van der Waals surface area contributed by atoms with Crippen LogP contribution in [-0.2, 0) is 26.2 Å². The van der Waals surface area contributed by atoms with Crippen LogP contribution >= 0.6 is 27.5 Å². The quantitative estimate of drug-likeness (QED) is 0.249. The molecule has 214 valence electrons. The first-order valence-electron chi connectivity index (χ1n) is 13.2. The summed E-state index contributed by atoms with van der Waals surface area (Å²) in [5.74, 6) is -0.821. The Morgan fingerprint density at radius 1 is 0.950 bits per heavy atom. The Morgan fingerprint density at radius 2 is 1.57 bits per heavy atom. The molecule has 0 aliphatic heterocycles. The molecule has 3 rings (SSSR count). The monoisotopic (exact) mass is 647 g/mol. The SMILES string of the molecule is CC[C@@H](C)NC(=O)[C@H](CC)N(Cc1ccccc1Cl)C(=O)CN(c1ccc(Br)cc1)S(=O)(=O)c1ccc(C)cc1. The molecule has 0 bridgehead atoms. The van der Waals surface area contributed by atoms with E-state index >= 15 is 0 Å². The Kier molecular flexibility index (Phi) is 11.2. The van der Waals surface area contributed by atoms with Crippen LogP contribution in [0.2, 0.25) is 5.02 Å². The normalized spacial score (nSPS) is 12.8. The van der Waals surface area contributed by atoms with Crippen molar-refractivity contribution in [2.75, 3.05) is 10.8 Å². The molecule has 2 amide bonds. The minimum absolute atomic E-state index is 0.0453. The topological polar surface area (TPSA) is 86.8 Å². The molecule has 3 aromatic rings. The predicted molar refractivity (Wildman–Crippen MR) is 164 cm³/mol.